The highest BCUT2D eigenvalue weighted by atomic mass is 16.3. The molecule has 1 aliphatic carbocycles. The Morgan fingerprint density at radius 2 is 2.40 bits per heavy atom. The van der Waals surface area contributed by atoms with Crippen molar-refractivity contribution >= 4 is 0 Å². The molecule has 1 fully saturated rings. The monoisotopic (exact) mass is 138 g/mol. The first-order valence-corrected chi connectivity index (χ1v) is 3.45. The van der Waals surface area contributed by atoms with Crippen LogP contribution in [-0.2, 0) is 0 Å². The van der Waals surface area contributed by atoms with E-state index in [0.717, 1.165) is 13.0 Å². The molecular weight excluding hydrogens is 128 g/mol. The van der Waals surface area contributed by atoms with Crippen LogP contribution >= 0.6 is 0 Å². The standard InChI is InChI=1S/C7H10N2O/c10-6-1-2-7-5(3-6)4-8-9-7/h1-2,5,8-10H,3-4H2. The number of nitrogens with one attached hydrogen (secondary N) is 2. The Hall–Kier alpha value is -0.960. The van der Waals surface area contributed by atoms with Crippen LogP contribution in [0.3, 0.4) is 0 Å². The van der Waals surface area contributed by atoms with Gasteiger partial charge < -0.3 is 10.5 Å². The summed E-state index contributed by atoms with van der Waals surface area (Å²) >= 11 is 0. The Kier molecular flexibility index (Phi) is 1.17. The number of hydrogen-bond acceptors (Lipinski definition) is 3. The molecule has 1 saturated heterocycles. The maximum absolute atomic E-state index is 9.12. The van der Waals surface area contributed by atoms with Crippen molar-refractivity contribution in [1.29, 1.82) is 0 Å². The van der Waals surface area contributed by atoms with Crippen molar-refractivity contribution in [3.05, 3.63) is 23.6 Å². The molecule has 0 bridgehead atoms. The number of hydrazine groups is 1. The van der Waals surface area contributed by atoms with Crippen molar-refractivity contribution in [1.82, 2.24) is 10.9 Å². The predicted octanol–water partition coefficient (Wildman–Crippen LogP) is 0.440. The third-order valence-corrected chi connectivity index (χ3v) is 1.93. The van der Waals surface area contributed by atoms with Gasteiger partial charge in [-0.1, -0.05) is 0 Å². The predicted molar refractivity (Wildman–Crippen MR) is 38.0 cm³/mol. The zero-order chi connectivity index (χ0) is 6.97. The summed E-state index contributed by atoms with van der Waals surface area (Å²) in [6.07, 6.45) is 4.43. The molecule has 54 valence electrons. The van der Waals surface area contributed by atoms with E-state index in [4.69, 9.17) is 5.11 Å². The van der Waals surface area contributed by atoms with E-state index in [-0.39, 0.29) is 0 Å². The fourth-order valence-electron chi connectivity index (χ4n) is 1.35. The molecule has 0 spiro atoms. The number of rotatable bonds is 0. The van der Waals surface area contributed by atoms with Crippen LogP contribution in [0.2, 0.25) is 0 Å². The van der Waals surface area contributed by atoms with Crippen LogP contribution in [0.15, 0.2) is 23.6 Å². The molecule has 2 aliphatic rings. The molecule has 1 unspecified atom stereocenters. The molecule has 0 saturated carbocycles. The minimum Gasteiger partial charge on any atom is -0.512 e. The Morgan fingerprint density at radius 1 is 1.50 bits per heavy atom. The smallest absolute Gasteiger partial charge is 0.0930 e. The summed E-state index contributed by atoms with van der Waals surface area (Å²) < 4.78 is 0. The minimum absolute atomic E-state index is 0.463. The second-order valence-corrected chi connectivity index (χ2v) is 2.69. The SMILES string of the molecule is OC1=CC=C2NNCC2C1. The van der Waals surface area contributed by atoms with Crippen LogP contribution in [0.5, 0.6) is 0 Å². The van der Waals surface area contributed by atoms with Crippen molar-refractivity contribution in [2.24, 2.45) is 5.92 Å². The van der Waals surface area contributed by atoms with Crippen LogP contribution in [0.25, 0.3) is 0 Å². The molecule has 0 radical (unpaired) electrons. The summed E-state index contributed by atoms with van der Waals surface area (Å²) in [7, 11) is 0. The Bertz CT molecular complexity index is 208. The highest BCUT2D eigenvalue weighted by Gasteiger charge is 2.23. The van der Waals surface area contributed by atoms with E-state index in [0.29, 0.717) is 11.7 Å². The molecule has 1 atom stereocenters. The topological polar surface area (TPSA) is 44.3 Å². The lowest BCUT2D eigenvalue weighted by Gasteiger charge is -2.12. The lowest BCUT2D eigenvalue weighted by Crippen LogP contribution is -2.20. The van der Waals surface area contributed by atoms with Crippen LogP contribution in [0, 0.1) is 5.92 Å². The minimum atomic E-state index is 0.463. The van der Waals surface area contributed by atoms with Gasteiger partial charge in [-0.2, -0.15) is 0 Å². The van der Waals surface area contributed by atoms with Gasteiger partial charge in [0.2, 0.25) is 0 Å². The van der Waals surface area contributed by atoms with Crippen LogP contribution in [0.4, 0.5) is 0 Å². The second kappa shape index (κ2) is 2.02. The number of aliphatic hydroxyl groups is 1. The molecule has 3 nitrogen and oxygen atoms in total. The second-order valence-electron chi connectivity index (χ2n) is 2.69. The Morgan fingerprint density at radius 3 is 3.30 bits per heavy atom. The van der Waals surface area contributed by atoms with Crippen molar-refractivity contribution in [3.8, 4) is 0 Å². The Labute approximate surface area is 59.4 Å². The summed E-state index contributed by atoms with van der Waals surface area (Å²) in [6.45, 7) is 0.920. The first kappa shape index (κ1) is 5.80. The summed E-state index contributed by atoms with van der Waals surface area (Å²) in [6, 6.07) is 0. The molecule has 3 N–H and O–H groups in total. The molecule has 0 aromatic carbocycles. The zero-order valence-corrected chi connectivity index (χ0v) is 5.59. The first-order valence-electron chi connectivity index (χ1n) is 3.45. The van der Waals surface area contributed by atoms with Gasteiger partial charge >= 0.3 is 0 Å². The van der Waals surface area contributed by atoms with Gasteiger partial charge in [0.25, 0.3) is 0 Å². The van der Waals surface area contributed by atoms with Crippen LogP contribution < -0.4 is 10.9 Å². The van der Waals surface area contributed by atoms with Crippen molar-refractivity contribution in [2.45, 2.75) is 6.42 Å². The lowest BCUT2D eigenvalue weighted by molar-refractivity contribution is 0.364. The molecule has 0 aromatic rings. The molecular formula is C7H10N2O. The zero-order valence-electron chi connectivity index (χ0n) is 5.59. The molecule has 1 aliphatic heterocycles. The fraction of sp³-hybridized carbons (Fsp3) is 0.429. The molecule has 2 rings (SSSR count). The summed E-state index contributed by atoms with van der Waals surface area (Å²) in [5.74, 6) is 0.948. The summed E-state index contributed by atoms with van der Waals surface area (Å²) in [5.41, 5.74) is 7.25. The van der Waals surface area contributed by atoms with E-state index >= 15 is 0 Å². The number of allylic oxidation sites excluding steroid dienone is 3. The van der Waals surface area contributed by atoms with Gasteiger partial charge in [-0.05, 0) is 12.2 Å². The number of hydrogen-bond donors (Lipinski definition) is 3. The first-order chi connectivity index (χ1) is 4.86. The van der Waals surface area contributed by atoms with E-state index < -0.39 is 0 Å². The quantitative estimate of drug-likeness (QED) is 0.455. The fourth-order valence-corrected chi connectivity index (χ4v) is 1.35. The molecule has 0 amide bonds. The van der Waals surface area contributed by atoms with Crippen molar-refractivity contribution in [2.75, 3.05) is 6.54 Å². The number of aliphatic hydroxyl groups excluding tert-OH is 1. The third-order valence-electron chi connectivity index (χ3n) is 1.93. The number of fused-ring (bicyclic) bond motifs is 1. The highest BCUT2D eigenvalue weighted by Crippen LogP contribution is 2.23. The van der Waals surface area contributed by atoms with E-state index in [9.17, 15) is 0 Å². The largest absolute Gasteiger partial charge is 0.512 e. The summed E-state index contributed by atoms with van der Waals surface area (Å²) in [4.78, 5) is 0. The normalized spacial score (nSPS) is 30.2. The van der Waals surface area contributed by atoms with Crippen molar-refractivity contribution in [3.63, 3.8) is 0 Å². The van der Waals surface area contributed by atoms with Gasteiger partial charge in [-0.15, -0.1) is 0 Å². The van der Waals surface area contributed by atoms with Gasteiger partial charge in [0, 0.05) is 24.6 Å². The van der Waals surface area contributed by atoms with E-state index in [1.807, 2.05) is 6.08 Å². The van der Waals surface area contributed by atoms with E-state index in [1.165, 1.54) is 5.70 Å². The molecule has 3 heteroatoms. The van der Waals surface area contributed by atoms with Crippen LogP contribution in [-0.4, -0.2) is 11.7 Å². The van der Waals surface area contributed by atoms with Gasteiger partial charge in [0.1, 0.15) is 0 Å². The third kappa shape index (κ3) is 0.789. The molecule has 0 aromatic heterocycles. The van der Waals surface area contributed by atoms with Crippen molar-refractivity contribution < 1.29 is 5.11 Å². The summed E-state index contributed by atoms with van der Waals surface area (Å²) in [5, 5.41) is 9.12. The lowest BCUT2D eigenvalue weighted by atomic mass is 9.97. The van der Waals surface area contributed by atoms with Gasteiger partial charge in [-0.25, -0.2) is 5.43 Å². The average Bonchev–Trinajstić information content (AvgIpc) is 2.33. The highest BCUT2D eigenvalue weighted by molar-refractivity contribution is 5.24. The maximum Gasteiger partial charge on any atom is 0.0930 e. The Balaban J connectivity index is 2.22. The van der Waals surface area contributed by atoms with Gasteiger partial charge in [0.15, 0.2) is 0 Å². The molecule has 1 heterocycles. The average molecular weight is 138 g/mol. The van der Waals surface area contributed by atoms with Crippen LogP contribution in [0.1, 0.15) is 6.42 Å². The van der Waals surface area contributed by atoms with Gasteiger partial charge in [-0.3, -0.25) is 0 Å². The van der Waals surface area contributed by atoms with Gasteiger partial charge in [0.05, 0.1) is 5.76 Å². The van der Waals surface area contributed by atoms with E-state index in [2.05, 4.69) is 10.9 Å². The van der Waals surface area contributed by atoms with E-state index in [1.54, 1.807) is 6.08 Å². The molecule has 10 heavy (non-hydrogen) atoms. The maximum atomic E-state index is 9.12.